The first-order chi connectivity index (χ1) is 9.78. The van der Waals surface area contributed by atoms with Gasteiger partial charge in [-0.15, -0.1) is 0 Å². The Morgan fingerprint density at radius 3 is 2.24 bits per heavy atom. The molecule has 0 aromatic rings. The van der Waals surface area contributed by atoms with E-state index in [0.717, 1.165) is 18.9 Å². The van der Waals surface area contributed by atoms with Gasteiger partial charge in [-0.3, -0.25) is 4.99 Å². The molecule has 3 rings (SSSR count). The highest BCUT2D eigenvalue weighted by molar-refractivity contribution is 5.82. The summed E-state index contributed by atoms with van der Waals surface area (Å²) >= 11 is 0. The predicted molar refractivity (Wildman–Crippen MR) is 86.4 cm³/mol. The molecule has 21 heavy (non-hydrogen) atoms. The maximum Gasteiger partial charge on any atom is 0.192 e. The molecule has 2 aliphatic heterocycles. The molecule has 1 saturated heterocycles. The number of nitrogens with two attached hydrogens (primary N) is 1. The molecule has 1 atom stereocenters. The fourth-order valence-electron chi connectivity index (χ4n) is 5.00. The Hall–Kier alpha value is -0.770. The lowest BCUT2D eigenvalue weighted by molar-refractivity contribution is -0.0959. The summed E-state index contributed by atoms with van der Waals surface area (Å²) < 4.78 is 6.40. The van der Waals surface area contributed by atoms with Gasteiger partial charge < -0.3 is 15.4 Å². The van der Waals surface area contributed by atoms with Gasteiger partial charge in [0.2, 0.25) is 0 Å². The van der Waals surface area contributed by atoms with E-state index in [9.17, 15) is 0 Å². The average molecular weight is 293 g/mol. The van der Waals surface area contributed by atoms with Crippen molar-refractivity contribution in [1.29, 1.82) is 0 Å². The minimum Gasteiger partial charge on any atom is -0.370 e. The first-order valence-electron chi connectivity index (χ1n) is 8.57. The molecule has 1 saturated carbocycles. The lowest BCUT2D eigenvalue weighted by Gasteiger charge is -2.47. The zero-order valence-corrected chi connectivity index (χ0v) is 14.1. The number of nitrogens with zero attached hydrogens (tertiary/aromatic N) is 2. The van der Waals surface area contributed by atoms with Gasteiger partial charge in [0.1, 0.15) is 0 Å². The number of hydrogen-bond acceptors (Lipinski definition) is 4. The summed E-state index contributed by atoms with van der Waals surface area (Å²) in [4.78, 5) is 7.13. The molecule has 0 amide bonds. The molecule has 0 aromatic heterocycles. The highest BCUT2D eigenvalue weighted by atomic mass is 16.5. The molecule has 0 bridgehead atoms. The second kappa shape index (κ2) is 4.87. The van der Waals surface area contributed by atoms with Crippen molar-refractivity contribution in [3.8, 4) is 0 Å². The van der Waals surface area contributed by atoms with Crippen LogP contribution >= 0.6 is 0 Å². The Kier molecular flexibility index (Phi) is 3.51. The summed E-state index contributed by atoms with van der Waals surface area (Å²) in [6, 6.07) is 0.538. The molecule has 1 aliphatic carbocycles. The average Bonchev–Trinajstić information content (AvgIpc) is 2.67. The fraction of sp³-hybridized carbons (Fsp3) is 0.941. The summed E-state index contributed by atoms with van der Waals surface area (Å²) in [6.45, 7) is 9.62. The normalized spacial score (nSPS) is 36.0. The van der Waals surface area contributed by atoms with Crippen LogP contribution in [0, 0.1) is 0 Å². The van der Waals surface area contributed by atoms with Gasteiger partial charge in [-0.1, -0.05) is 25.7 Å². The van der Waals surface area contributed by atoms with Gasteiger partial charge in [-0.05, 0) is 40.5 Å². The van der Waals surface area contributed by atoms with Gasteiger partial charge in [0.25, 0.3) is 0 Å². The molecular weight excluding hydrogens is 262 g/mol. The molecule has 3 aliphatic rings. The van der Waals surface area contributed by atoms with E-state index in [2.05, 4.69) is 37.6 Å². The van der Waals surface area contributed by atoms with Crippen LogP contribution in [-0.4, -0.2) is 40.2 Å². The standard InChI is InChI=1S/C17H31N3O/c1-15(2)11-17(16(3,4)21-15)12-19-14(18)20(17)13-9-7-5-6-8-10-13/h13H,5-12H2,1-4H3,(H2,18,19). The number of aliphatic imine (C=N–C) groups is 1. The van der Waals surface area contributed by atoms with Crippen molar-refractivity contribution in [2.75, 3.05) is 6.54 Å². The summed E-state index contributed by atoms with van der Waals surface area (Å²) in [5.74, 6) is 0.747. The van der Waals surface area contributed by atoms with Crippen LogP contribution in [0.25, 0.3) is 0 Å². The monoisotopic (exact) mass is 293 g/mol. The molecule has 120 valence electrons. The number of rotatable bonds is 1. The zero-order chi connectivity index (χ0) is 15.3. The highest BCUT2D eigenvalue weighted by Crippen LogP contribution is 2.51. The van der Waals surface area contributed by atoms with Crippen molar-refractivity contribution in [2.45, 2.75) is 95.4 Å². The summed E-state index contributed by atoms with van der Waals surface area (Å²) in [7, 11) is 0. The minimum absolute atomic E-state index is 0.0599. The van der Waals surface area contributed by atoms with Gasteiger partial charge >= 0.3 is 0 Å². The second-order valence-corrected chi connectivity index (χ2v) is 8.27. The van der Waals surface area contributed by atoms with Crippen LogP contribution in [0.15, 0.2) is 4.99 Å². The van der Waals surface area contributed by atoms with Gasteiger partial charge in [0, 0.05) is 12.5 Å². The van der Waals surface area contributed by atoms with Crippen molar-refractivity contribution >= 4 is 5.96 Å². The maximum absolute atomic E-state index is 6.40. The topological polar surface area (TPSA) is 50.8 Å². The first kappa shape index (κ1) is 15.1. The van der Waals surface area contributed by atoms with E-state index in [1.165, 1.54) is 38.5 Å². The van der Waals surface area contributed by atoms with Crippen molar-refractivity contribution in [2.24, 2.45) is 10.7 Å². The van der Waals surface area contributed by atoms with E-state index in [0.29, 0.717) is 6.04 Å². The molecule has 2 heterocycles. The molecule has 2 N–H and O–H groups in total. The number of guanidine groups is 1. The van der Waals surface area contributed by atoms with E-state index < -0.39 is 0 Å². The molecule has 1 spiro atoms. The first-order valence-corrected chi connectivity index (χ1v) is 8.57. The Morgan fingerprint density at radius 2 is 1.71 bits per heavy atom. The maximum atomic E-state index is 6.40. The summed E-state index contributed by atoms with van der Waals surface area (Å²) in [5.41, 5.74) is 5.97. The van der Waals surface area contributed by atoms with Crippen LogP contribution in [0.3, 0.4) is 0 Å². The third kappa shape index (κ3) is 2.36. The summed E-state index contributed by atoms with van der Waals surface area (Å²) in [6.07, 6.45) is 8.85. The van der Waals surface area contributed by atoms with Gasteiger partial charge in [-0.2, -0.15) is 0 Å². The molecule has 1 unspecified atom stereocenters. The Balaban J connectivity index is 1.94. The Bertz CT molecular complexity index is 435. The van der Waals surface area contributed by atoms with Crippen LogP contribution in [0.2, 0.25) is 0 Å². The van der Waals surface area contributed by atoms with Crippen LogP contribution in [0.4, 0.5) is 0 Å². The quantitative estimate of drug-likeness (QED) is 0.756. The van der Waals surface area contributed by atoms with Crippen LogP contribution < -0.4 is 5.73 Å². The van der Waals surface area contributed by atoms with E-state index in [1.807, 2.05) is 0 Å². The summed E-state index contributed by atoms with van der Waals surface area (Å²) in [5, 5.41) is 0. The third-order valence-electron chi connectivity index (χ3n) is 5.77. The largest absolute Gasteiger partial charge is 0.370 e. The lowest BCUT2D eigenvalue weighted by atomic mass is 9.77. The van der Waals surface area contributed by atoms with Gasteiger partial charge in [-0.25, -0.2) is 0 Å². The van der Waals surface area contributed by atoms with Gasteiger partial charge in [0.15, 0.2) is 5.96 Å². The smallest absolute Gasteiger partial charge is 0.192 e. The predicted octanol–water partition coefficient (Wildman–Crippen LogP) is 3.06. The Labute approximate surface area is 129 Å². The SMILES string of the molecule is CC1(C)CC2(CN=C(N)N2C2CCCCCC2)C(C)(C)O1. The van der Waals surface area contributed by atoms with Crippen molar-refractivity contribution in [3.05, 3.63) is 0 Å². The number of ether oxygens (including phenoxy) is 1. The fourth-order valence-corrected chi connectivity index (χ4v) is 5.00. The highest BCUT2D eigenvalue weighted by Gasteiger charge is 2.63. The molecule has 0 radical (unpaired) electrons. The zero-order valence-electron chi connectivity index (χ0n) is 14.1. The molecule has 4 heteroatoms. The van der Waals surface area contributed by atoms with E-state index in [1.54, 1.807) is 0 Å². The van der Waals surface area contributed by atoms with E-state index in [-0.39, 0.29) is 16.7 Å². The van der Waals surface area contributed by atoms with Gasteiger partial charge in [0.05, 0.1) is 23.3 Å². The molecule has 4 nitrogen and oxygen atoms in total. The van der Waals surface area contributed by atoms with Crippen molar-refractivity contribution in [1.82, 2.24) is 4.90 Å². The number of hydrogen-bond donors (Lipinski definition) is 1. The molecule has 2 fully saturated rings. The van der Waals surface area contributed by atoms with Crippen molar-refractivity contribution in [3.63, 3.8) is 0 Å². The molecule has 0 aromatic carbocycles. The van der Waals surface area contributed by atoms with Crippen LogP contribution in [0.5, 0.6) is 0 Å². The van der Waals surface area contributed by atoms with E-state index >= 15 is 0 Å². The Morgan fingerprint density at radius 1 is 1.10 bits per heavy atom. The minimum atomic E-state index is -0.215. The third-order valence-corrected chi connectivity index (χ3v) is 5.77. The second-order valence-electron chi connectivity index (χ2n) is 8.27. The van der Waals surface area contributed by atoms with Crippen LogP contribution in [-0.2, 0) is 4.74 Å². The molecular formula is C17H31N3O. The van der Waals surface area contributed by atoms with E-state index in [4.69, 9.17) is 10.5 Å². The lowest BCUT2D eigenvalue weighted by Crippen LogP contribution is -2.63. The van der Waals surface area contributed by atoms with Crippen LogP contribution in [0.1, 0.15) is 72.6 Å². The van der Waals surface area contributed by atoms with Crippen molar-refractivity contribution < 1.29 is 4.74 Å².